The van der Waals surface area contributed by atoms with Crippen LogP contribution in [0.4, 0.5) is 17.1 Å². The largest absolute Gasteiger partial charge is 0.456 e. The van der Waals surface area contributed by atoms with Gasteiger partial charge < -0.3 is 13.7 Å². The van der Waals surface area contributed by atoms with Crippen LogP contribution in [-0.4, -0.2) is 0 Å². The van der Waals surface area contributed by atoms with E-state index in [9.17, 15) is 0 Å². The minimum absolute atomic E-state index is 0.881. The Balaban J connectivity index is 1.12. The van der Waals surface area contributed by atoms with Crippen molar-refractivity contribution in [3.8, 4) is 22.3 Å². The van der Waals surface area contributed by atoms with Gasteiger partial charge in [0.2, 0.25) is 0 Å². The van der Waals surface area contributed by atoms with Gasteiger partial charge in [-0.2, -0.15) is 0 Å². The SMILES string of the molecule is c1ccc(-c2cccc3c2sc2c(N(c4ccc(-c5cccc6c5oc5ccccc56)cc4)c4ccc5oc6ccccc6c5c4)cccc23)cc1. The lowest BCUT2D eigenvalue weighted by molar-refractivity contribution is 0.669. The van der Waals surface area contributed by atoms with Crippen molar-refractivity contribution in [1.82, 2.24) is 0 Å². The van der Waals surface area contributed by atoms with E-state index in [1.54, 1.807) is 0 Å². The number of hydrogen-bond donors (Lipinski definition) is 0. The van der Waals surface area contributed by atoms with Gasteiger partial charge in [0, 0.05) is 54.0 Å². The van der Waals surface area contributed by atoms with Gasteiger partial charge in [0.05, 0.1) is 10.4 Å². The van der Waals surface area contributed by atoms with E-state index >= 15 is 0 Å². The monoisotopic (exact) mass is 683 g/mol. The smallest absolute Gasteiger partial charge is 0.143 e. The molecular formula is C48H29NO2S. The maximum atomic E-state index is 6.42. The normalized spacial score (nSPS) is 11.8. The molecule has 8 aromatic carbocycles. The zero-order valence-electron chi connectivity index (χ0n) is 27.9. The third-order valence-electron chi connectivity index (χ3n) is 10.3. The molecule has 0 radical (unpaired) electrons. The molecule has 0 spiro atoms. The first-order valence-electron chi connectivity index (χ1n) is 17.5. The number of hydrogen-bond acceptors (Lipinski definition) is 4. The lowest BCUT2D eigenvalue weighted by Gasteiger charge is -2.26. The van der Waals surface area contributed by atoms with Crippen molar-refractivity contribution < 1.29 is 8.83 Å². The maximum absolute atomic E-state index is 6.42. The second-order valence-corrected chi connectivity index (χ2v) is 14.3. The fourth-order valence-corrected chi connectivity index (χ4v) is 9.21. The van der Waals surface area contributed by atoms with Gasteiger partial charge in [-0.15, -0.1) is 11.3 Å². The minimum Gasteiger partial charge on any atom is -0.456 e. The first kappa shape index (κ1) is 29.1. The molecule has 0 N–H and O–H groups in total. The summed E-state index contributed by atoms with van der Waals surface area (Å²) in [4.78, 5) is 2.40. The molecule has 11 aromatic rings. The highest BCUT2D eigenvalue weighted by atomic mass is 32.1. The number of anilines is 3. The number of thiophene rings is 1. The number of benzene rings is 8. The van der Waals surface area contributed by atoms with Crippen molar-refractivity contribution in [1.29, 1.82) is 0 Å². The van der Waals surface area contributed by atoms with E-state index in [2.05, 4.69) is 157 Å². The zero-order valence-corrected chi connectivity index (χ0v) is 28.7. The fourth-order valence-electron chi connectivity index (χ4n) is 7.87. The van der Waals surface area contributed by atoms with Crippen molar-refractivity contribution in [3.05, 3.63) is 176 Å². The van der Waals surface area contributed by atoms with E-state index in [1.807, 2.05) is 35.6 Å². The van der Waals surface area contributed by atoms with Crippen LogP contribution in [0.15, 0.2) is 185 Å². The Hall–Kier alpha value is -6.62. The van der Waals surface area contributed by atoms with Crippen molar-refractivity contribution >= 4 is 92.4 Å². The van der Waals surface area contributed by atoms with Crippen LogP contribution in [0.5, 0.6) is 0 Å². The summed E-state index contributed by atoms with van der Waals surface area (Å²) in [5.74, 6) is 0. The summed E-state index contributed by atoms with van der Waals surface area (Å²) >= 11 is 1.87. The number of furan rings is 2. The summed E-state index contributed by atoms with van der Waals surface area (Å²) in [5, 5.41) is 7.00. The first-order valence-corrected chi connectivity index (χ1v) is 18.3. The van der Waals surface area contributed by atoms with Gasteiger partial charge in [-0.25, -0.2) is 0 Å². The van der Waals surface area contributed by atoms with E-state index in [-0.39, 0.29) is 0 Å². The Morgan fingerprint density at radius 3 is 1.75 bits per heavy atom. The highest BCUT2D eigenvalue weighted by molar-refractivity contribution is 7.27. The van der Waals surface area contributed by atoms with Gasteiger partial charge in [-0.05, 0) is 65.2 Å². The van der Waals surface area contributed by atoms with Crippen LogP contribution in [0.25, 0.3) is 86.3 Å². The molecule has 244 valence electrons. The molecule has 0 saturated heterocycles. The molecule has 11 rings (SSSR count). The van der Waals surface area contributed by atoms with Crippen LogP contribution < -0.4 is 4.90 Å². The Morgan fingerprint density at radius 1 is 0.365 bits per heavy atom. The molecule has 52 heavy (non-hydrogen) atoms. The van der Waals surface area contributed by atoms with Crippen molar-refractivity contribution in [2.24, 2.45) is 0 Å². The van der Waals surface area contributed by atoms with Crippen LogP contribution in [0.2, 0.25) is 0 Å². The summed E-state index contributed by atoms with van der Waals surface area (Å²) < 4.78 is 15.2. The van der Waals surface area contributed by atoms with Crippen LogP contribution >= 0.6 is 11.3 Å². The summed E-state index contributed by atoms with van der Waals surface area (Å²) in [5.41, 5.74) is 11.5. The van der Waals surface area contributed by atoms with Crippen LogP contribution in [0, 0.1) is 0 Å². The molecule has 0 aliphatic heterocycles. The number of rotatable bonds is 5. The second-order valence-electron chi connectivity index (χ2n) is 13.2. The Labute approximate surface area is 303 Å². The molecule has 0 atom stereocenters. The molecule has 3 heterocycles. The topological polar surface area (TPSA) is 29.5 Å². The summed E-state index contributed by atoms with van der Waals surface area (Å²) in [6.45, 7) is 0. The van der Waals surface area contributed by atoms with Crippen molar-refractivity contribution in [2.75, 3.05) is 4.90 Å². The summed E-state index contributed by atoms with van der Waals surface area (Å²) in [6.07, 6.45) is 0. The molecule has 3 nitrogen and oxygen atoms in total. The second kappa shape index (κ2) is 11.5. The Bertz CT molecular complexity index is 3130. The summed E-state index contributed by atoms with van der Waals surface area (Å²) in [6, 6.07) is 62.5. The van der Waals surface area contributed by atoms with Crippen LogP contribution in [0.3, 0.4) is 0 Å². The third-order valence-corrected chi connectivity index (χ3v) is 11.6. The van der Waals surface area contributed by atoms with Gasteiger partial charge in [0.15, 0.2) is 0 Å². The van der Waals surface area contributed by atoms with Crippen molar-refractivity contribution in [3.63, 3.8) is 0 Å². The van der Waals surface area contributed by atoms with Gasteiger partial charge in [-0.1, -0.05) is 127 Å². The Kier molecular flexibility index (Phi) is 6.42. The van der Waals surface area contributed by atoms with E-state index in [1.165, 1.54) is 31.3 Å². The highest BCUT2D eigenvalue weighted by Gasteiger charge is 2.21. The first-order chi connectivity index (χ1) is 25.8. The van der Waals surface area contributed by atoms with Gasteiger partial charge >= 0.3 is 0 Å². The van der Waals surface area contributed by atoms with Crippen molar-refractivity contribution in [2.45, 2.75) is 0 Å². The lowest BCUT2D eigenvalue weighted by Crippen LogP contribution is -2.10. The molecule has 4 heteroatoms. The quantitative estimate of drug-likeness (QED) is 0.181. The minimum atomic E-state index is 0.881. The number of nitrogens with zero attached hydrogens (tertiary/aromatic N) is 1. The molecule has 0 bridgehead atoms. The third kappa shape index (κ3) is 4.45. The average molecular weight is 684 g/mol. The standard InChI is InChI=1S/C48H29NO2S/c1-2-11-30(12-3-1)35-16-9-18-39-40-19-10-20-42(48(40)52-47(35)39)49(33-27-28-45-41(29-33)37-14-5-6-21-43(37)50-45)32-25-23-31(24-26-32)34-15-8-17-38-36-13-4-7-22-44(36)51-46(34)38/h1-29H. The molecule has 0 fully saturated rings. The molecule has 0 amide bonds. The van der Waals surface area contributed by atoms with Gasteiger partial charge in [0.25, 0.3) is 0 Å². The Morgan fingerprint density at radius 2 is 0.942 bits per heavy atom. The molecule has 0 aliphatic rings. The average Bonchev–Trinajstić information content (AvgIpc) is 3.90. The predicted octanol–water partition coefficient (Wildman–Crippen LogP) is 14.7. The summed E-state index contributed by atoms with van der Waals surface area (Å²) in [7, 11) is 0. The van der Waals surface area contributed by atoms with E-state index in [0.717, 1.165) is 72.1 Å². The molecule has 0 saturated carbocycles. The highest BCUT2D eigenvalue weighted by Crippen LogP contribution is 2.48. The molecule has 0 unspecified atom stereocenters. The predicted molar refractivity (Wildman–Crippen MR) is 219 cm³/mol. The maximum Gasteiger partial charge on any atom is 0.143 e. The van der Waals surface area contributed by atoms with E-state index < -0.39 is 0 Å². The van der Waals surface area contributed by atoms with E-state index in [0.29, 0.717) is 0 Å². The number of para-hydroxylation sites is 3. The number of fused-ring (bicyclic) bond motifs is 9. The molecule has 0 aliphatic carbocycles. The van der Waals surface area contributed by atoms with Crippen LogP contribution in [0.1, 0.15) is 0 Å². The van der Waals surface area contributed by atoms with E-state index in [4.69, 9.17) is 8.83 Å². The zero-order chi connectivity index (χ0) is 34.2. The van der Waals surface area contributed by atoms with Gasteiger partial charge in [0.1, 0.15) is 22.3 Å². The molecule has 3 aromatic heterocycles. The molecular weight excluding hydrogens is 655 g/mol. The lowest BCUT2D eigenvalue weighted by atomic mass is 10.0. The van der Waals surface area contributed by atoms with Gasteiger partial charge in [-0.3, -0.25) is 0 Å². The van der Waals surface area contributed by atoms with Crippen LogP contribution in [-0.2, 0) is 0 Å². The fraction of sp³-hybridized carbons (Fsp3) is 0.